The number of carbonyl (C=O) groups excluding carboxylic acids is 1. The van der Waals surface area contributed by atoms with Gasteiger partial charge in [-0.3, -0.25) is 4.79 Å². The van der Waals surface area contributed by atoms with Gasteiger partial charge in [-0.2, -0.15) is 15.0 Å². The number of para-hydroxylation sites is 1. The summed E-state index contributed by atoms with van der Waals surface area (Å²) in [6.07, 6.45) is 0. The van der Waals surface area contributed by atoms with Crippen molar-refractivity contribution >= 4 is 46.6 Å². The van der Waals surface area contributed by atoms with Crippen molar-refractivity contribution in [3.05, 3.63) is 89.7 Å². The average molecular weight is 475 g/mol. The Balaban J connectivity index is 1.51. The maximum Gasteiger partial charge on any atom is 0.234 e. The lowest BCUT2D eigenvalue weighted by molar-refractivity contribution is -0.113. The first kappa shape index (κ1) is 23.2. The molecule has 0 aliphatic heterocycles. The second kappa shape index (κ2) is 10.8. The first-order valence-corrected chi connectivity index (χ1v) is 11.5. The Kier molecular flexibility index (Phi) is 7.34. The summed E-state index contributed by atoms with van der Waals surface area (Å²) in [4.78, 5) is 25.7. The monoisotopic (exact) mass is 474 g/mol. The number of thioether (sulfide) groups is 1. The summed E-state index contributed by atoms with van der Waals surface area (Å²) < 4.78 is 13.8. The summed E-state index contributed by atoms with van der Waals surface area (Å²) in [6, 6.07) is 21.7. The molecule has 0 radical (unpaired) electrons. The minimum atomic E-state index is -0.491. The fourth-order valence-electron chi connectivity index (χ4n) is 2.94. The van der Waals surface area contributed by atoms with Crippen LogP contribution in [0.5, 0.6) is 0 Å². The third-order valence-corrected chi connectivity index (χ3v) is 5.56. The van der Waals surface area contributed by atoms with Crippen LogP contribution in [0.25, 0.3) is 0 Å². The number of carbonyl (C=O) groups is 1. The van der Waals surface area contributed by atoms with E-state index in [0.29, 0.717) is 17.1 Å². The topological polar surface area (TPSA) is 91.8 Å². The molecule has 0 spiro atoms. The Morgan fingerprint density at radius 1 is 0.794 bits per heavy atom. The lowest BCUT2D eigenvalue weighted by atomic mass is 10.2. The van der Waals surface area contributed by atoms with Gasteiger partial charge < -0.3 is 16.0 Å². The van der Waals surface area contributed by atoms with Crippen LogP contribution in [-0.4, -0.2) is 26.6 Å². The summed E-state index contributed by atoms with van der Waals surface area (Å²) in [6.45, 7) is 4.02. The quantitative estimate of drug-likeness (QED) is 0.276. The van der Waals surface area contributed by atoms with Crippen LogP contribution in [0.1, 0.15) is 11.1 Å². The molecule has 0 aliphatic carbocycles. The number of hydrogen-bond donors (Lipinski definition) is 3. The Labute approximate surface area is 201 Å². The third-order valence-electron chi connectivity index (χ3n) is 4.71. The van der Waals surface area contributed by atoms with Gasteiger partial charge in [0.2, 0.25) is 17.8 Å². The van der Waals surface area contributed by atoms with Gasteiger partial charge in [0, 0.05) is 11.4 Å². The second-order valence-electron chi connectivity index (χ2n) is 7.56. The van der Waals surface area contributed by atoms with Crippen molar-refractivity contribution in [2.45, 2.75) is 19.0 Å². The van der Waals surface area contributed by atoms with Gasteiger partial charge in [0.1, 0.15) is 5.82 Å². The van der Waals surface area contributed by atoms with E-state index in [0.717, 1.165) is 34.3 Å². The van der Waals surface area contributed by atoms with Crippen molar-refractivity contribution in [1.82, 2.24) is 15.0 Å². The van der Waals surface area contributed by atoms with E-state index in [4.69, 9.17) is 0 Å². The maximum atomic E-state index is 13.8. The summed E-state index contributed by atoms with van der Waals surface area (Å²) in [5.41, 5.74) is 4.06. The molecule has 1 heterocycles. The van der Waals surface area contributed by atoms with Crippen molar-refractivity contribution in [2.24, 2.45) is 0 Å². The minimum absolute atomic E-state index is 0.00624. The number of anilines is 5. The van der Waals surface area contributed by atoms with E-state index >= 15 is 0 Å². The highest BCUT2D eigenvalue weighted by Gasteiger charge is 2.12. The standard InChI is InChI=1S/C25H23FN6OS/c1-16-7-11-18(12-8-16)27-23-30-24(28-19-13-9-17(2)10-14-19)32-25(31-23)34-15-22(33)29-21-6-4-3-5-20(21)26/h3-14H,15H2,1-2H3,(H,29,33)(H2,27,28,30,31,32). The van der Waals surface area contributed by atoms with Gasteiger partial charge in [0.15, 0.2) is 5.16 Å². The molecule has 34 heavy (non-hydrogen) atoms. The number of nitrogens with zero attached hydrogens (tertiary/aromatic N) is 3. The molecule has 0 saturated carbocycles. The molecule has 0 aliphatic rings. The molecule has 0 bridgehead atoms. The predicted octanol–water partition coefficient (Wildman–Crippen LogP) is 5.85. The molecular formula is C25H23FN6OS. The molecule has 1 amide bonds. The third kappa shape index (κ3) is 6.52. The number of nitrogens with one attached hydrogen (secondary N) is 3. The van der Waals surface area contributed by atoms with Crippen LogP contribution in [0.3, 0.4) is 0 Å². The van der Waals surface area contributed by atoms with E-state index in [1.165, 1.54) is 12.1 Å². The first-order chi connectivity index (χ1) is 16.4. The summed E-state index contributed by atoms with van der Waals surface area (Å²) in [7, 11) is 0. The number of amides is 1. The Bertz CT molecular complexity index is 1220. The van der Waals surface area contributed by atoms with Gasteiger partial charge in [-0.05, 0) is 50.2 Å². The first-order valence-electron chi connectivity index (χ1n) is 10.6. The van der Waals surface area contributed by atoms with Gasteiger partial charge in [-0.25, -0.2) is 4.39 Å². The molecule has 0 atom stereocenters. The van der Waals surface area contributed by atoms with Crippen molar-refractivity contribution in [1.29, 1.82) is 0 Å². The molecule has 7 nitrogen and oxygen atoms in total. The second-order valence-corrected chi connectivity index (χ2v) is 8.51. The highest BCUT2D eigenvalue weighted by atomic mass is 32.2. The van der Waals surface area contributed by atoms with Crippen LogP contribution < -0.4 is 16.0 Å². The van der Waals surface area contributed by atoms with Crippen LogP contribution in [-0.2, 0) is 4.79 Å². The van der Waals surface area contributed by atoms with Gasteiger partial charge in [-0.15, -0.1) is 0 Å². The van der Waals surface area contributed by atoms with Crippen molar-refractivity contribution in [2.75, 3.05) is 21.7 Å². The fraction of sp³-hybridized carbons (Fsp3) is 0.120. The summed E-state index contributed by atoms with van der Waals surface area (Å²) in [5.74, 6) is -0.172. The number of aromatic nitrogens is 3. The maximum absolute atomic E-state index is 13.8. The molecule has 3 N–H and O–H groups in total. The lowest BCUT2D eigenvalue weighted by Crippen LogP contribution is -2.15. The van der Waals surface area contributed by atoms with E-state index in [9.17, 15) is 9.18 Å². The van der Waals surface area contributed by atoms with Crippen molar-refractivity contribution in [3.8, 4) is 0 Å². The zero-order chi connectivity index (χ0) is 23.9. The highest BCUT2D eigenvalue weighted by Crippen LogP contribution is 2.22. The summed E-state index contributed by atoms with van der Waals surface area (Å²) in [5, 5.41) is 9.26. The minimum Gasteiger partial charge on any atom is -0.324 e. The van der Waals surface area contributed by atoms with Crippen LogP contribution in [0, 0.1) is 19.7 Å². The number of rotatable bonds is 8. The van der Waals surface area contributed by atoms with Crippen molar-refractivity contribution < 1.29 is 9.18 Å². The van der Waals surface area contributed by atoms with E-state index in [-0.39, 0.29) is 17.3 Å². The van der Waals surface area contributed by atoms with Gasteiger partial charge >= 0.3 is 0 Å². The van der Waals surface area contributed by atoms with Crippen LogP contribution in [0.2, 0.25) is 0 Å². The number of aryl methyl sites for hydroxylation is 2. The molecule has 0 unspecified atom stereocenters. The Morgan fingerprint density at radius 3 is 1.85 bits per heavy atom. The molecule has 0 saturated heterocycles. The van der Waals surface area contributed by atoms with Gasteiger partial charge in [0.25, 0.3) is 0 Å². The molecular weight excluding hydrogens is 451 g/mol. The lowest BCUT2D eigenvalue weighted by Gasteiger charge is -2.11. The molecule has 0 fully saturated rings. The van der Waals surface area contributed by atoms with E-state index in [1.54, 1.807) is 12.1 Å². The van der Waals surface area contributed by atoms with E-state index in [2.05, 4.69) is 30.9 Å². The molecule has 9 heteroatoms. The smallest absolute Gasteiger partial charge is 0.234 e. The molecule has 1 aromatic heterocycles. The van der Waals surface area contributed by atoms with Gasteiger partial charge in [-0.1, -0.05) is 59.3 Å². The summed E-state index contributed by atoms with van der Waals surface area (Å²) >= 11 is 1.13. The molecule has 4 rings (SSSR count). The van der Waals surface area contributed by atoms with Crippen LogP contribution >= 0.6 is 11.8 Å². The predicted molar refractivity (Wildman–Crippen MR) is 135 cm³/mol. The average Bonchev–Trinajstić information content (AvgIpc) is 2.82. The number of benzene rings is 3. The van der Waals surface area contributed by atoms with Crippen LogP contribution in [0.15, 0.2) is 78.0 Å². The fourth-order valence-corrected chi connectivity index (χ4v) is 3.58. The zero-order valence-electron chi connectivity index (χ0n) is 18.7. The SMILES string of the molecule is Cc1ccc(Nc2nc(Nc3ccc(C)cc3)nc(SCC(=O)Nc3ccccc3F)n2)cc1. The largest absolute Gasteiger partial charge is 0.324 e. The Morgan fingerprint density at radius 2 is 1.32 bits per heavy atom. The van der Waals surface area contributed by atoms with Gasteiger partial charge in [0.05, 0.1) is 11.4 Å². The normalized spacial score (nSPS) is 10.6. The van der Waals surface area contributed by atoms with Crippen LogP contribution in [0.4, 0.5) is 33.3 Å². The number of halogens is 1. The number of hydrogen-bond acceptors (Lipinski definition) is 7. The molecule has 4 aromatic rings. The zero-order valence-corrected chi connectivity index (χ0v) is 19.5. The van der Waals surface area contributed by atoms with E-state index in [1.807, 2.05) is 62.4 Å². The Hall–Kier alpha value is -3.98. The molecule has 3 aromatic carbocycles. The molecule has 172 valence electrons. The van der Waals surface area contributed by atoms with Crippen molar-refractivity contribution in [3.63, 3.8) is 0 Å². The highest BCUT2D eigenvalue weighted by molar-refractivity contribution is 7.99. The van der Waals surface area contributed by atoms with E-state index < -0.39 is 5.82 Å².